The lowest BCUT2D eigenvalue weighted by Crippen LogP contribution is -2.43. The molecule has 4 heteroatoms. The van der Waals surface area contributed by atoms with Crippen molar-refractivity contribution in [2.75, 3.05) is 19.7 Å². The van der Waals surface area contributed by atoms with E-state index in [1.807, 2.05) is 31.2 Å². The van der Waals surface area contributed by atoms with Crippen molar-refractivity contribution in [1.82, 2.24) is 4.90 Å². The Morgan fingerprint density at radius 1 is 1.32 bits per heavy atom. The summed E-state index contributed by atoms with van der Waals surface area (Å²) in [7, 11) is 0. The number of amides is 1. The van der Waals surface area contributed by atoms with E-state index in [9.17, 15) is 9.59 Å². The smallest absolute Gasteiger partial charge is 0.310 e. The molecule has 1 heterocycles. The van der Waals surface area contributed by atoms with E-state index in [-0.39, 0.29) is 17.8 Å². The molecule has 0 bridgehead atoms. The highest BCUT2D eigenvalue weighted by Gasteiger charge is 2.30. The number of ether oxygens (including phenoxy) is 1. The third-order valence-electron chi connectivity index (χ3n) is 4.14. The Hall–Kier alpha value is -1.84. The highest BCUT2D eigenvalue weighted by molar-refractivity contribution is 5.96. The van der Waals surface area contributed by atoms with Gasteiger partial charge in [-0.05, 0) is 37.3 Å². The van der Waals surface area contributed by atoms with Crippen molar-refractivity contribution in [3.05, 3.63) is 35.4 Å². The second kappa shape index (κ2) is 7.43. The van der Waals surface area contributed by atoms with E-state index in [1.165, 1.54) is 0 Å². The molecule has 1 atom stereocenters. The number of esters is 1. The molecule has 0 aromatic heterocycles. The summed E-state index contributed by atoms with van der Waals surface area (Å²) in [6.45, 7) is 7.54. The number of piperidine rings is 1. The van der Waals surface area contributed by atoms with Crippen LogP contribution < -0.4 is 0 Å². The summed E-state index contributed by atoms with van der Waals surface area (Å²) in [5.74, 6) is -0.0508. The molecule has 22 heavy (non-hydrogen) atoms. The van der Waals surface area contributed by atoms with Gasteiger partial charge in [-0.2, -0.15) is 0 Å². The molecular weight excluding hydrogens is 278 g/mol. The van der Waals surface area contributed by atoms with Gasteiger partial charge < -0.3 is 9.64 Å². The van der Waals surface area contributed by atoms with Gasteiger partial charge in [0.1, 0.15) is 0 Å². The van der Waals surface area contributed by atoms with Crippen molar-refractivity contribution in [3.8, 4) is 0 Å². The van der Waals surface area contributed by atoms with Crippen molar-refractivity contribution < 1.29 is 14.3 Å². The molecule has 2 rings (SSSR count). The van der Waals surface area contributed by atoms with Gasteiger partial charge in [-0.3, -0.25) is 9.59 Å². The average Bonchev–Trinajstić information content (AvgIpc) is 2.54. The molecule has 1 fully saturated rings. The van der Waals surface area contributed by atoms with E-state index in [1.54, 1.807) is 4.90 Å². The minimum absolute atomic E-state index is 0.0262. The lowest BCUT2D eigenvalue weighted by atomic mass is 9.94. The first-order valence-corrected chi connectivity index (χ1v) is 8.09. The maximum absolute atomic E-state index is 12.8. The average molecular weight is 303 g/mol. The number of carbonyl (C=O) groups is 2. The number of hydrogen-bond donors (Lipinski definition) is 0. The minimum Gasteiger partial charge on any atom is -0.466 e. The van der Waals surface area contributed by atoms with E-state index >= 15 is 0 Å². The lowest BCUT2D eigenvalue weighted by Gasteiger charge is -2.32. The van der Waals surface area contributed by atoms with E-state index in [4.69, 9.17) is 4.74 Å². The SMILES string of the molecule is CCOC(=O)C1CCCN(C(=O)c2ccccc2C(C)C)C1. The standard InChI is InChI=1S/C18H25NO3/c1-4-22-18(21)14-8-7-11-19(12-14)17(20)16-10-6-5-9-15(16)13(2)3/h5-6,9-10,13-14H,4,7-8,11-12H2,1-3H3. The fraction of sp³-hybridized carbons (Fsp3) is 0.556. The van der Waals surface area contributed by atoms with Gasteiger partial charge in [-0.25, -0.2) is 0 Å². The van der Waals surface area contributed by atoms with Gasteiger partial charge in [-0.1, -0.05) is 32.0 Å². The number of hydrogen-bond acceptors (Lipinski definition) is 3. The third-order valence-corrected chi connectivity index (χ3v) is 4.14. The number of carbonyl (C=O) groups excluding carboxylic acids is 2. The molecule has 1 aliphatic rings. The van der Waals surface area contributed by atoms with Crippen LogP contribution in [0.4, 0.5) is 0 Å². The zero-order valence-electron chi connectivity index (χ0n) is 13.7. The van der Waals surface area contributed by atoms with Gasteiger partial charge in [-0.15, -0.1) is 0 Å². The van der Waals surface area contributed by atoms with Crippen LogP contribution in [0.25, 0.3) is 0 Å². The van der Waals surface area contributed by atoms with Gasteiger partial charge in [0.15, 0.2) is 0 Å². The van der Waals surface area contributed by atoms with Gasteiger partial charge in [0.2, 0.25) is 0 Å². The van der Waals surface area contributed by atoms with Crippen molar-refractivity contribution in [2.24, 2.45) is 5.92 Å². The normalized spacial score (nSPS) is 18.4. The van der Waals surface area contributed by atoms with E-state index < -0.39 is 0 Å². The third kappa shape index (κ3) is 3.67. The van der Waals surface area contributed by atoms with Crippen LogP contribution >= 0.6 is 0 Å². The first-order chi connectivity index (χ1) is 10.5. The molecule has 1 aromatic rings. The van der Waals surface area contributed by atoms with Gasteiger partial charge in [0.05, 0.1) is 12.5 Å². The fourth-order valence-electron chi connectivity index (χ4n) is 2.98. The first-order valence-electron chi connectivity index (χ1n) is 8.09. The Labute approximate surface area is 132 Å². The van der Waals surface area contributed by atoms with E-state index in [0.29, 0.717) is 25.6 Å². The van der Waals surface area contributed by atoms with Crippen LogP contribution in [0.1, 0.15) is 55.5 Å². The van der Waals surface area contributed by atoms with Gasteiger partial charge in [0.25, 0.3) is 5.91 Å². The molecule has 0 aliphatic carbocycles. The predicted octanol–water partition coefficient (Wildman–Crippen LogP) is 3.23. The number of nitrogens with zero attached hydrogens (tertiary/aromatic N) is 1. The van der Waals surface area contributed by atoms with Gasteiger partial charge in [0, 0.05) is 18.7 Å². The largest absolute Gasteiger partial charge is 0.466 e. The van der Waals surface area contributed by atoms with E-state index in [2.05, 4.69) is 13.8 Å². The minimum atomic E-state index is -0.191. The molecule has 0 spiro atoms. The summed E-state index contributed by atoms with van der Waals surface area (Å²) < 4.78 is 5.10. The summed E-state index contributed by atoms with van der Waals surface area (Å²) in [6.07, 6.45) is 1.65. The molecule has 0 radical (unpaired) electrons. The van der Waals surface area contributed by atoms with Crippen molar-refractivity contribution in [1.29, 1.82) is 0 Å². The molecule has 0 N–H and O–H groups in total. The Morgan fingerprint density at radius 2 is 2.05 bits per heavy atom. The molecule has 1 saturated heterocycles. The van der Waals surface area contributed by atoms with Crippen LogP contribution in [0, 0.1) is 5.92 Å². The van der Waals surface area contributed by atoms with Crippen molar-refractivity contribution in [3.63, 3.8) is 0 Å². The van der Waals surface area contributed by atoms with Crippen molar-refractivity contribution >= 4 is 11.9 Å². The molecule has 120 valence electrons. The molecule has 1 amide bonds. The monoisotopic (exact) mass is 303 g/mol. The first kappa shape index (κ1) is 16.5. The van der Waals surface area contributed by atoms with Gasteiger partial charge >= 0.3 is 5.97 Å². The van der Waals surface area contributed by atoms with Crippen LogP contribution in [0.5, 0.6) is 0 Å². The summed E-state index contributed by atoms with van der Waals surface area (Å²) in [5, 5.41) is 0. The second-order valence-corrected chi connectivity index (χ2v) is 6.08. The predicted molar refractivity (Wildman–Crippen MR) is 85.8 cm³/mol. The van der Waals surface area contributed by atoms with E-state index in [0.717, 1.165) is 24.0 Å². The number of likely N-dealkylation sites (tertiary alicyclic amines) is 1. The van der Waals surface area contributed by atoms with Crippen LogP contribution in [0.3, 0.4) is 0 Å². The number of benzene rings is 1. The Bertz CT molecular complexity index is 539. The Balaban J connectivity index is 2.14. The summed E-state index contributed by atoms with van der Waals surface area (Å²) in [5.41, 5.74) is 1.81. The summed E-state index contributed by atoms with van der Waals surface area (Å²) in [4.78, 5) is 26.5. The fourth-order valence-corrected chi connectivity index (χ4v) is 2.98. The maximum Gasteiger partial charge on any atom is 0.310 e. The second-order valence-electron chi connectivity index (χ2n) is 6.08. The Morgan fingerprint density at radius 3 is 2.73 bits per heavy atom. The van der Waals surface area contributed by atoms with Crippen LogP contribution in [-0.4, -0.2) is 36.5 Å². The van der Waals surface area contributed by atoms with Crippen LogP contribution in [0.2, 0.25) is 0 Å². The molecular formula is C18H25NO3. The number of rotatable bonds is 4. The molecule has 4 nitrogen and oxygen atoms in total. The molecule has 1 unspecified atom stereocenters. The summed E-state index contributed by atoms with van der Waals surface area (Å²) in [6, 6.07) is 7.74. The maximum atomic E-state index is 12.8. The Kier molecular flexibility index (Phi) is 5.58. The zero-order valence-corrected chi connectivity index (χ0v) is 13.7. The topological polar surface area (TPSA) is 46.6 Å². The molecule has 0 saturated carbocycles. The lowest BCUT2D eigenvalue weighted by molar-refractivity contribution is -0.149. The zero-order chi connectivity index (χ0) is 16.1. The summed E-state index contributed by atoms with van der Waals surface area (Å²) >= 11 is 0. The van der Waals surface area contributed by atoms with Crippen LogP contribution in [-0.2, 0) is 9.53 Å². The quantitative estimate of drug-likeness (QED) is 0.802. The van der Waals surface area contributed by atoms with Crippen LogP contribution in [0.15, 0.2) is 24.3 Å². The highest BCUT2D eigenvalue weighted by Crippen LogP contribution is 2.24. The van der Waals surface area contributed by atoms with Crippen molar-refractivity contribution in [2.45, 2.75) is 39.5 Å². The highest BCUT2D eigenvalue weighted by atomic mass is 16.5. The molecule has 1 aromatic carbocycles. The molecule has 1 aliphatic heterocycles.